The van der Waals surface area contributed by atoms with Gasteiger partial charge in [-0.2, -0.15) is 0 Å². The molecule has 7 nitrogen and oxygen atoms in total. The smallest absolute Gasteiger partial charge is 0.223 e. The van der Waals surface area contributed by atoms with Crippen molar-refractivity contribution in [1.82, 2.24) is 24.6 Å². The van der Waals surface area contributed by atoms with Gasteiger partial charge in [0.15, 0.2) is 10.3 Å². The van der Waals surface area contributed by atoms with Crippen molar-refractivity contribution in [1.29, 1.82) is 0 Å². The summed E-state index contributed by atoms with van der Waals surface area (Å²) in [6.07, 6.45) is 3.84. The van der Waals surface area contributed by atoms with E-state index >= 15 is 0 Å². The predicted octanol–water partition coefficient (Wildman–Crippen LogP) is 4.02. The van der Waals surface area contributed by atoms with Crippen LogP contribution < -0.4 is 5.32 Å². The van der Waals surface area contributed by atoms with Gasteiger partial charge in [-0.3, -0.25) is 9.69 Å². The first-order valence-electron chi connectivity index (χ1n) is 10.2. The molecule has 0 spiro atoms. The molecule has 0 bridgehead atoms. The second-order valence-electron chi connectivity index (χ2n) is 7.42. The van der Waals surface area contributed by atoms with E-state index in [0.29, 0.717) is 10.9 Å². The third-order valence-electron chi connectivity index (χ3n) is 4.97. The lowest BCUT2D eigenvalue weighted by Gasteiger charge is -2.26. The summed E-state index contributed by atoms with van der Waals surface area (Å²) in [4.78, 5) is 18.2. The van der Waals surface area contributed by atoms with Crippen LogP contribution in [-0.4, -0.2) is 43.6 Å². The average molecular weight is 443 g/mol. The molecule has 0 atom stereocenters. The lowest BCUT2D eigenvalue weighted by Crippen LogP contribution is -2.30. The Kier molecular flexibility index (Phi) is 7.14. The molecule has 1 aliphatic rings. The Bertz CT molecular complexity index is 965. The normalized spacial score (nSPS) is 14.7. The minimum Gasteiger partial charge on any atom is -0.302 e. The molecule has 0 aliphatic carbocycles. The maximum atomic E-state index is 11.2. The number of amides is 1. The number of piperidine rings is 1. The second kappa shape index (κ2) is 10.2. The van der Waals surface area contributed by atoms with Crippen LogP contribution in [0.3, 0.4) is 0 Å². The van der Waals surface area contributed by atoms with Gasteiger partial charge in [-0.25, -0.2) is 4.98 Å². The molecule has 0 unspecified atom stereocenters. The van der Waals surface area contributed by atoms with Gasteiger partial charge in [-0.15, -0.1) is 21.5 Å². The number of rotatable bonds is 8. The number of nitrogens with zero attached hydrogens (tertiary/aromatic N) is 5. The maximum absolute atomic E-state index is 11.2. The van der Waals surface area contributed by atoms with E-state index in [4.69, 9.17) is 0 Å². The van der Waals surface area contributed by atoms with Gasteiger partial charge >= 0.3 is 0 Å². The first-order valence-corrected chi connectivity index (χ1v) is 12.1. The number of thiazole rings is 1. The van der Waals surface area contributed by atoms with Gasteiger partial charge in [-0.05, 0) is 31.5 Å². The highest BCUT2D eigenvalue weighted by Gasteiger charge is 2.18. The highest BCUT2D eigenvalue weighted by atomic mass is 32.2. The molecule has 1 aromatic carbocycles. The summed E-state index contributed by atoms with van der Waals surface area (Å²) in [6, 6.07) is 10.4. The maximum Gasteiger partial charge on any atom is 0.223 e. The summed E-state index contributed by atoms with van der Waals surface area (Å²) in [5.41, 5.74) is 2.17. The molecule has 0 radical (unpaired) electrons. The molecule has 3 heterocycles. The molecule has 9 heteroatoms. The summed E-state index contributed by atoms with van der Waals surface area (Å²) >= 11 is 3.08. The van der Waals surface area contributed by atoms with Crippen LogP contribution in [0, 0.1) is 0 Å². The van der Waals surface area contributed by atoms with Crippen LogP contribution in [0.25, 0.3) is 0 Å². The van der Waals surface area contributed by atoms with Gasteiger partial charge in [0, 0.05) is 18.1 Å². The van der Waals surface area contributed by atoms with Crippen LogP contribution in [0.2, 0.25) is 0 Å². The van der Waals surface area contributed by atoms with Gasteiger partial charge in [0.05, 0.1) is 18.8 Å². The van der Waals surface area contributed by atoms with Crippen LogP contribution in [0.5, 0.6) is 0 Å². The lowest BCUT2D eigenvalue weighted by atomic mass is 10.1. The Morgan fingerprint density at radius 1 is 1.13 bits per heavy atom. The van der Waals surface area contributed by atoms with Crippen molar-refractivity contribution in [2.24, 2.45) is 0 Å². The fourth-order valence-corrected chi connectivity index (χ4v) is 5.22. The Morgan fingerprint density at radius 3 is 2.70 bits per heavy atom. The van der Waals surface area contributed by atoms with Crippen LogP contribution >= 0.6 is 23.1 Å². The van der Waals surface area contributed by atoms with E-state index in [1.807, 2.05) is 11.4 Å². The summed E-state index contributed by atoms with van der Waals surface area (Å²) < 4.78 is 2.23. The molecule has 4 rings (SSSR count). The quantitative estimate of drug-likeness (QED) is 0.531. The van der Waals surface area contributed by atoms with E-state index in [1.54, 1.807) is 11.8 Å². The van der Waals surface area contributed by atoms with Crippen molar-refractivity contribution in [2.75, 3.05) is 18.4 Å². The Hall–Kier alpha value is -2.23. The lowest BCUT2D eigenvalue weighted by molar-refractivity contribution is -0.114. The minimum atomic E-state index is -0.103. The summed E-state index contributed by atoms with van der Waals surface area (Å²) in [5.74, 6) is 1.60. The number of hydrogen-bond donors (Lipinski definition) is 1. The van der Waals surface area contributed by atoms with Crippen molar-refractivity contribution < 1.29 is 4.79 Å². The Labute approximate surface area is 184 Å². The number of hydrogen-bond acceptors (Lipinski definition) is 7. The van der Waals surface area contributed by atoms with E-state index in [9.17, 15) is 4.79 Å². The summed E-state index contributed by atoms with van der Waals surface area (Å²) in [7, 11) is 0. The number of likely N-dealkylation sites (tertiary alicyclic amines) is 1. The molecule has 30 heavy (non-hydrogen) atoms. The first-order chi connectivity index (χ1) is 14.7. The van der Waals surface area contributed by atoms with Crippen LogP contribution in [0.4, 0.5) is 5.13 Å². The SMILES string of the molecule is CC(=O)Nc1nc(CSc2nnc(CN3CCCCC3)n2Cc2ccccc2)cs1. The van der Waals surface area contributed by atoms with Gasteiger partial charge < -0.3 is 9.88 Å². The monoisotopic (exact) mass is 442 g/mol. The number of nitrogens with one attached hydrogen (secondary N) is 1. The molecular formula is C21H26N6OS2. The Balaban J connectivity index is 1.49. The fraction of sp³-hybridized carbons (Fsp3) is 0.429. The molecule has 1 N–H and O–H groups in total. The van der Waals surface area contributed by atoms with Crippen molar-refractivity contribution >= 4 is 34.1 Å². The van der Waals surface area contributed by atoms with Gasteiger partial charge in [0.25, 0.3) is 0 Å². The van der Waals surface area contributed by atoms with E-state index in [1.165, 1.54) is 43.1 Å². The van der Waals surface area contributed by atoms with Crippen LogP contribution in [-0.2, 0) is 23.6 Å². The molecule has 3 aromatic rings. The predicted molar refractivity (Wildman–Crippen MR) is 121 cm³/mol. The number of thioether (sulfide) groups is 1. The molecular weight excluding hydrogens is 416 g/mol. The van der Waals surface area contributed by atoms with Gasteiger partial charge in [0.2, 0.25) is 5.91 Å². The first kappa shape index (κ1) is 21.0. The van der Waals surface area contributed by atoms with E-state index < -0.39 is 0 Å². The Morgan fingerprint density at radius 2 is 1.93 bits per heavy atom. The number of aromatic nitrogens is 4. The van der Waals surface area contributed by atoms with Gasteiger partial charge in [0.1, 0.15) is 5.82 Å². The minimum absolute atomic E-state index is 0.103. The van der Waals surface area contributed by atoms with Crippen LogP contribution in [0.1, 0.15) is 43.3 Å². The van der Waals surface area contributed by atoms with Crippen LogP contribution in [0.15, 0.2) is 40.9 Å². The molecule has 2 aromatic heterocycles. The number of benzene rings is 1. The van der Waals surface area contributed by atoms with Crippen molar-refractivity contribution in [3.05, 3.63) is 52.8 Å². The number of carbonyl (C=O) groups is 1. The molecule has 1 fully saturated rings. The molecule has 1 amide bonds. The standard InChI is InChI=1S/C21H26N6OS2/c1-16(28)22-20-23-18(14-29-20)15-30-21-25-24-19(13-26-10-6-3-7-11-26)27(21)12-17-8-4-2-5-9-17/h2,4-5,8-9,14H,3,6-7,10-13,15H2,1H3,(H,22,23,28). The van der Waals surface area contributed by atoms with E-state index in [0.717, 1.165) is 42.9 Å². The van der Waals surface area contributed by atoms with Gasteiger partial charge in [-0.1, -0.05) is 48.5 Å². The topological polar surface area (TPSA) is 75.9 Å². The molecule has 158 valence electrons. The fourth-order valence-electron chi connectivity index (χ4n) is 3.50. The van der Waals surface area contributed by atoms with E-state index in [-0.39, 0.29) is 5.91 Å². The zero-order valence-electron chi connectivity index (χ0n) is 17.1. The molecule has 1 saturated heterocycles. The zero-order valence-corrected chi connectivity index (χ0v) is 18.7. The number of carbonyl (C=O) groups excluding carboxylic acids is 1. The summed E-state index contributed by atoms with van der Waals surface area (Å²) in [6.45, 7) is 5.35. The van der Waals surface area contributed by atoms with Crippen molar-refractivity contribution in [3.8, 4) is 0 Å². The average Bonchev–Trinajstić information content (AvgIpc) is 3.35. The largest absolute Gasteiger partial charge is 0.302 e. The highest BCUT2D eigenvalue weighted by molar-refractivity contribution is 7.98. The van der Waals surface area contributed by atoms with Crippen molar-refractivity contribution in [2.45, 2.75) is 50.2 Å². The molecule has 1 aliphatic heterocycles. The second-order valence-corrected chi connectivity index (χ2v) is 9.22. The third-order valence-corrected chi connectivity index (χ3v) is 6.78. The van der Waals surface area contributed by atoms with Crippen molar-refractivity contribution in [3.63, 3.8) is 0 Å². The summed E-state index contributed by atoms with van der Waals surface area (Å²) in [5, 5.41) is 15.3. The highest BCUT2D eigenvalue weighted by Crippen LogP contribution is 2.26. The van der Waals surface area contributed by atoms with E-state index in [2.05, 4.69) is 54.2 Å². The third kappa shape index (κ3) is 5.68. The molecule has 0 saturated carbocycles. The zero-order chi connectivity index (χ0) is 20.8. The number of anilines is 1.